The van der Waals surface area contributed by atoms with E-state index in [9.17, 15) is 20.1 Å². The van der Waals surface area contributed by atoms with Crippen molar-refractivity contribution >= 4 is 11.6 Å². The van der Waals surface area contributed by atoms with Gasteiger partial charge >= 0.3 is 0 Å². The number of nitrogens with one attached hydrogen (secondary N) is 1. The third kappa shape index (κ3) is 4.09. The van der Waals surface area contributed by atoms with Crippen LogP contribution in [0.3, 0.4) is 0 Å². The van der Waals surface area contributed by atoms with Gasteiger partial charge in [0.1, 0.15) is 11.5 Å². The van der Waals surface area contributed by atoms with E-state index < -0.39 is 17.6 Å². The Morgan fingerprint density at radius 2 is 1.88 bits per heavy atom. The molecule has 4 rings (SSSR count). The number of methoxy groups -OCH3 is 1. The van der Waals surface area contributed by atoms with E-state index >= 15 is 0 Å². The Bertz CT molecular complexity index is 1040. The topological polar surface area (TPSA) is 108 Å². The first-order chi connectivity index (χ1) is 15.6. The van der Waals surface area contributed by atoms with Gasteiger partial charge in [-0.15, -0.1) is 0 Å². The zero-order valence-electron chi connectivity index (χ0n) is 19.6. The number of aliphatic hydroxyl groups is 1. The van der Waals surface area contributed by atoms with E-state index in [1.165, 1.54) is 31.4 Å². The summed E-state index contributed by atoms with van der Waals surface area (Å²) < 4.78 is 11.7. The summed E-state index contributed by atoms with van der Waals surface area (Å²) in [5, 5.41) is 35.7. The van der Waals surface area contributed by atoms with E-state index in [-0.39, 0.29) is 28.8 Å². The van der Waals surface area contributed by atoms with E-state index in [1.54, 1.807) is 12.1 Å². The largest absolute Gasteiger partial charge is 0.508 e. The van der Waals surface area contributed by atoms with Crippen LogP contribution in [0.2, 0.25) is 0 Å². The zero-order chi connectivity index (χ0) is 24.0. The van der Waals surface area contributed by atoms with Crippen LogP contribution in [0, 0.1) is 5.92 Å². The molecule has 2 heterocycles. The maximum absolute atomic E-state index is 12.7. The number of aryl methyl sites for hydroxylation is 1. The van der Waals surface area contributed by atoms with Crippen molar-refractivity contribution in [2.45, 2.75) is 69.9 Å². The molecule has 0 unspecified atom stereocenters. The van der Waals surface area contributed by atoms with Crippen LogP contribution < -0.4 is 5.32 Å². The van der Waals surface area contributed by atoms with Gasteiger partial charge < -0.3 is 30.1 Å². The van der Waals surface area contributed by atoms with Gasteiger partial charge in [-0.05, 0) is 67.9 Å². The maximum atomic E-state index is 12.7. The molecule has 1 saturated heterocycles. The summed E-state index contributed by atoms with van der Waals surface area (Å²) >= 11 is 0. The summed E-state index contributed by atoms with van der Waals surface area (Å²) in [5.41, 5.74) is -0.691. The lowest BCUT2D eigenvalue weighted by atomic mass is 9.76. The van der Waals surface area contributed by atoms with Crippen molar-refractivity contribution in [1.82, 2.24) is 0 Å². The minimum atomic E-state index is -1.93. The molecular formula is C26H33NO6. The molecule has 7 heteroatoms. The molecule has 4 atom stereocenters. The fraction of sp³-hybridized carbons (Fsp3) is 0.500. The molecule has 0 aromatic heterocycles. The molecule has 2 aromatic carbocycles. The number of hydrogen-bond donors (Lipinski definition) is 4. The first-order valence-corrected chi connectivity index (χ1v) is 11.5. The van der Waals surface area contributed by atoms with Gasteiger partial charge in [0.15, 0.2) is 11.7 Å². The van der Waals surface area contributed by atoms with Gasteiger partial charge in [-0.1, -0.05) is 32.0 Å². The summed E-state index contributed by atoms with van der Waals surface area (Å²) in [6.45, 7) is 6.44. The lowest BCUT2D eigenvalue weighted by Crippen LogP contribution is -2.52. The van der Waals surface area contributed by atoms with Crippen molar-refractivity contribution in [2.75, 3.05) is 12.4 Å². The van der Waals surface area contributed by atoms with Crippen LogP contribution in [-0.2, 0) is 26.3 Å². The average Bonchev–Trinajstić information content (AvgIpc) is 3.16. The third-order valence-electron chi connectivity index (χ3n) is 7.12. The Morgan fingerprint density at radius 1 is 1.18 bits per heavy atom. The number of carbonyl (C=O) groups is 1. The molecule has 33 heavy (non-hydrogen) atoms. The van der Waals surface area contributed by atoms with Crippen LogP contribution in [0.4, 0.5) is 5.69 Å². The van der Waals surface area contributed by atoms with Crippen molar-refractivity contribution < 1.29 is 29.6 Å². The molecule has 1 amide bonds. The Hall–Kier alpha value is -2.61. The molecule has 2 aromatic rings. The predicted molar refractivity (Wildman–Crippen MR) is 124 cm³/mol. The van der Waals surface area contributed by atoms with Crippen LogP contribution in [0.5, 0.6) is 11.5 Å². The predicted octanol–water partition coefficient (Wildman–Crippen LogP) is 3.83. The monoisotopic (exact) mass is 455 g/mol. The molecule has 0 bridgehead atoms. The first-order valence-electron chi connectivity index (χ1n) is 11.5. The molecule has 0 radical (unpaired) electrons. The Balaban J connectivity index is 1.71. The Kier molecular flexibility index (Phi) is 6.16. The minimum Gasteiger partial charge on any atom is -0.508 e. The van der Waals surface area contributed by atoms with Crippen molar-refractivity contribution in [3.05, 3.63) is 53.1 Å². The van der Waals surface area contributed by atoms with Gasteiger partial charge in [0.05, 0.1) is 23.0 Å². The summed E-state index contributed by atoms with van der Waals surface area (Å²) in [6, 6.07) is 9.38. The normalized spacial score (nSPS) is 29.2. The van der Waals surface area contributed by atoms with E-state index in [1.807, 2.05) is 0 Å². The number of benzene rings is 2. The number of hydrogen-bond acceptors (Lipinski definition) is 6. The van der Waals surface area contributed by atoms with Gasteiger partial charge in [-0.2, -0.15) is 0 Å². The van der Waals surface area contributed by atoms with Crippen molar-refractivity contribution in [1.29, 1.82) is 0 Å². The maximum Gasteiger partial charge on any atom is 0.257 e. The van der Waals surface area contributed by atoms with E-state index in [0.29, 0.717) is 29.2 Å². The number of phenolic OH excluding ortho intramolecular Hbond substituents is 2. The number of fused-ring (bicyclic) bond motifs is 1. The molecule has 0 spiro atoms. The number of ether oxygens (including phenoxy) is 2. The standard InChI is InChI=1S/C26H33NO6/c1-15(2)20-12-14-25(3,33-20)13-11-16-5-10-19-21(22(16)29)26(31,23(32-4)24(30)27-19)17-6-8-18(28)9-7-17/h5-10,15,20,23,28-29,31H,11-14H2,1-4H3,(H,27,30)/t20-,23+,25-,26-/m0/s1. The SMILES string of the molecule is CO[C@@H]1C(=O)Nc2ccc(CC[C@@]3(C)CC[C@@H](C(C)C)O3)c(O)c2[C@@]1(O)c1ccc(O)cc1. The molecule has 1 fully saturated rings. The molecule has 0 aliphatic carbocycles. The van der Waals surface area contributed by atoms with Gasteiger partial charge in [0.25, 0.3) is 5.91 Å². The van der Waals surface area contributed by atoms with Crippen LogP contribution in [0.25, 0.3) is 0 Å². The van der Waals surface area contributed by atoms with Crippen LogP contribution in [0.1, 0.15) is 56.7 Å². The van der Waals surface area contributed by atoms with Crippen LogP contribution >= 0.6 is 0 Å². The van der Waals surface area contributed by atoms with Gasteiger partial charge in [0, 0.05) is 7.11 Å². The second kappa shape index (κ2) is 8.63. The van der Waals surface area contributed by atoms with Gasteiger partial charge in [0.2, 0.25) is 0 Å². The minimum absolute atomic E-state index is 0.0271. The van der Waals surface area contributed by atoms with Crippen molar-refractivity contribution in [2.24, 2.45) is 5.92 Å². The van der Waals surface area contributed by atoms with Gasteiger partial charge in [-0.25, -0.2) is 0 Å². The Labute approximate surface area is 194 Å². The Morgan fingerprint density at radius 3 is 2.48 bits per heavy atom. The summed E-state index contributed by atoms with van der Waals surface area (Å²) in [5.74, 6) is -0.107. The molecule has 178 valence electrons. The molecule has 7 nitrogen and oxygen atoms in total. The van der Waals surface area contributed by atoms with E-state index in [2.05, 4.69) is 26.1 Å². The number of anilines is 1. The lowest BCUT2D eigenvalue weighted by molar-refractivity contribution is -0.142. The highest BCUT2D eigenvalue weighted by molar-refractivity contribution is 6.00. The molecule has 4 N–H and O–H groups in total. The van der Waals surface area contributed by atoms with E-state index in [4.69, 9.17) is 9.47 Å². The van der Waals surface area contributed by atoms with Crippen molar-refractivity contribution in [3.63, 3.8) is 0 Å². The highest BCUT2D eigenvalue weighted by atomic mass is 16.5. The van der Waals surface area contributed by atoms with Gasteiger partial charge in [-0.3, -0.25) is 4.79 Å². The lowest BCUT2D eigenvalue weighted by Gasteiger charge is -2.40. The highest BCUT2D eigenvalue weighted by Gasteiger charge is 2.51. The summed E-state index contributed by atoms with van der Waals surface area (Å²) in [4.78, 5) is 12.7. The number of aromatic hydroxyl groups is 2. The van der Waals surface area contributed by atoms with Crippen LogP contribution in [0.15, 0.2) is 36.4 Å². The second-order valence-electron chi connectivity index (χ2n) is 9.80. The fourth-order valence-corrected chi connectivity index (χ4v) is 5.12. The molecular weight excluding hydrogens is 422 g/mol. The zero-order valence-corrected chi connectivity index (χ0v) is 19.6. The number of carbonyl (C=O) groups excluding carboxylic acids is 1. The average molecular weight is 456 g/mol. The molecule has 2 aliphatic rings. The number of rotatable bonds is 6. The highest BCUT2D eigenvalue weighted by Crippen LogP contribution is 2.48. The summed E-state index contributed by atoms with van der Waals surface area (Å²) in [7, 11) is 1.34. The van der Waals surface area contributed by atoms with Crippen LogP contribution in [-0.4, -0.2) is 46.1 Å². The second-order valence-corrected chi connectivity index (χ2v) is 9.80. The third-order valence-corrected chi connectivity index (χ3v) is 7.12. The first kappa shape index (κ1) is 23.5. The number of phenols is 2. The van der Waals surface area contributed by atoms with Crippen molar-refractivity contribution in [3.8, 4) is 11.5 Å². The molecule has 0 saturated carbocycles. The smallest absolute Gasteiger partial charge is 0.257 e. The fourth-order valence-electron chi connectivity index (χ4n) is 5.12. The summed E-state index contributed by atoms with van der Waals surface area (Å²) in [6.07, 6.45) is 2.22. The molecule has 2 aliphatic heterocycles. The van der Waals surface area contributed by atoms with E-state index in [0.717, 1.165) is 19.3 Å². The number of amides is 1. The quantitative estimate of drug-likeness (QED) is 0.527.